The van der Waals surface area contributed by atoms with Crippen molar-refractivity contribution < 1.29 is 4.99 Å². The summed E-state index contributed by atoms with van der Waals surface area (Å²) in [5.41, 5.74) is 1.17. The van der Waals surface area contributed by atoms with Gasteiger partial charge in [-0.2, -0.15) is 0 Å². The zero-order valence-electron chi connectivity index (χ0n) is 7.31. The molecule has 0 spiro atoms. The predicted molar refractivity (Wildman–Crippen MR) is 54.0 cm³/mol. The summed E-state index contributed by atoms with van der Waals surface area (Å²) in [5, 5.41) is 4.10. The molecular weight excluding hydrogens is 184 g/mol. The Hall–Kier alpha value is -1.02. The van der Waals surface area contributed by atoms with Crippen molar-refractivity contribution in [1.82, 2.24) is 5.32 Å². The highest BCUT2D eigenvalue weighted by molar-refractivity contribution is 6.30. The number of hydrogen-bond acceptors (Lipinski definition) is 1. The molecule has 1 heterocycles. The maximum atomic E-state index is 5.80. The summed E-state index contributed by atoms with van der Waals surface area (Å²) in [6.07, 6.45) is 1.18. The normalized spacial score (nSPS) is 16.2. The summed E-state index contributed by atoms with van der Waals surface area (Å²) in [5.74, 6) is 1.11. The van der Waals surface area contributed by atoms with Gasteiger partial charge >= 0.3 is 0 Å². The molecular formula is C10H12ClN2+. The average Bonchev–Trinajstić information content (AvgIpc) is 2.20. The van der Waals surface area contributed by atoms with Gasteiger partial charge in [0, 0.05) is 11.4 Å². The first-order valence-electron chi connectivity index (χ1n) is 4.47. The van der Waals surface area contributed by atoms with Crippen molar-refractivity contribution >= 4 is 17.4 Å². The van der Waals surface area contributed by atoms with E-state index in [9.17, 15) is 0 Å². The molecule has 1 aliphatic rings. The van der Waals surface area contributed by atoms with Crippen molar-refractivity contribution in [2.75, 3.05) is 13.1 Å². The highest BCUT2D eigenvalue weighted by atomic mass is 35.5. The molecule has 2 nitrogen and oxygen atoms in total. The van der Waals surface area contributed by atoms with Crippen LogP contribution in [0, 0.1) is 0 Å². The van der Waals surface area contributed by atoms with Gasteiger partial charge in [-0.15, -0.1) is 0 Å². The van der Waals surface area contributed by atoms with E-state index in [2.05, 4.69) is 10.3 Å². The van der Waals surface area contributed by atoms with Crippen molar-refractivity contribution in [1.29, 1.82) is 0 Å². The summed E-state index contributed by atoms with van der Waals surface area (Å²) in [7, 11) is 0. The molecule has 1 aromatic carbocycles. The molecule has 68 valence electrons. The molecule has 2 N–H and O–H groups in total. The summed E-state index contributed by atoms with van der Waals surface area (Å²) in [6.45, 7) is 2.09. The van der Waals surface area contributed by atoms with Crippen molar-refractivity contribution in [3.8, 4) is 0 Å². The molecule has 2 rings (SSSR count). The van der Waals surface area contributed by atoms with Gasteiger partial charge < -0.3 is 0 Å². The van der Waals surface area contributed by atoms with Crippen molar-refractivity contribution in [2.45, 2.75) is 6.42 Å². The zero-order valence-corrected chi connectivity index (χ0v) is 8.06. The lowest BCUT2D eigenvalue weighted by atomic mass is 10.2. The van der Waals surface area contributed by atoms with E-state index in [0.717, 1.165) is 23.9 Å². The fraction of sp³-hybridized carbons (Fsp3) is 0.300. The molecule has 3 heteroatoms. The molecule has 13 heavy (non-hydrogen) atoms. The van der Waals surface area contributed by atoms with Gasteiger partial charge in [0.1, 0.15) is 0 Å². The summed E-state index contributed by atoms with van der Waals surface area (Å²) in [4.78, 5) is 3.32. The number of rotatable bonds is 1. The highest BCUT2D eigenvalue weighted by Gasteiger charge is 2.12. The van der Waals surface area contributed by atoms with Gasteiger partial charge in [-0.05, 0) is 24.3 Å². The standard InChI is InChI=1S/C10H11ClN2/c11-9-4-2-8(3-5-9)10-12-6-1-7-13-10/h2-5H,1,6-7H2,(H,12,13)/p+1. The summed E-state index contributed by atoms with van der Waals surface area (Å²) in [6, 6.07) is 7.84. The second-order valence-electron chi connectivity index (χ2n) is 3.09. The van der Waals surface area contributed by atoms with Crippen LogP contribution >= 0.6 is 11.6 Å². The molecule has 0 amide bonds. The largest absolute Gasteiger partial charge is 0.274 e. The fourth-order valence-electron chi connectivity index (χ4n) is 1.40. The molecule has 0 radical (unpaired) electrons. The van der Waals surface area contributed by atoms with Crippen LogP contribution in [0.2, 0.25) is 5.02 Å². The summed E-state index contributed by atoms with van der Waals surface area (Å²) >= 11 is 5.80. The van der Waals surface area contributed by atoms with E-state index in [1.807, 2.05) is 24.3 Å². The quantitative estimate of drug-likeness (QED) is 0.656. The molecule has 1 aliphatic heterocycles. The maximum absolute atomic E-state index is 5.80. The zero-order chi connectivity index (χ0) is 9.10. The smallest absolute Gasteiger partial charge is 0.274 e. The molecule has 0 aliphatic carbocycles. The number of benzene rings is 1. The molecule has 0 bridgehead atoms. The van der Waals surface area contributed by atoms with Crippen LogP contribution < -0.4 is 10.3 Å². The minimum absolute atomic E-state index is 0.778. The van der Waals surface area contributed by atoms with Crippen molar-refractivity contribution in [3.63, 3.8) is 0 Å². The van der Waals surface area contributed by atoms with Crippen molar-refractivity contribution in [3.05, 3.63) is 34.9 Å². The first-order valence-corrected chi connectivity index (χ1v) is 4.85. The Morgan fingerprint density at radius 3 is 2.62 bits per heavy atom. The fourth-order valence-corrected chi connectivity index (χ4v) is 1.52. The molecule has 0 atom stereocenters. The number of amidine groups is 1. The second kappa shape index (κ2) is 3.79. The minimum Gasteiger partial charge on any atom is -0.274 e. The monoisotopic (exact) mass is 195 g/mol. The first-order chi connectivity index (χ1) is 6.36. The molecule has 0 saturated carbocycles. The second-order valence-corrected chi connectivity index (χ2v) is 3.53. The van der Waals surface area contributed by atoms with E-state index in [1.54, 1.807) is 0 Å². The third kappa shape index (κ3) is 2.01. The van der Waals surface area contributed by atoms with Gasteiger partial charge in [-0.1, -0.05) is 11.6 Å². The SMILES string of the molecule is Clc1ccc(C2=[NH+]CCCN2)cc1. The number of nitrogens with one attached hydrogen (secondary N) is 2. The van der Waals surface area contributed by atoms with E-state index in [-0.39, 0.29) is 0 Å². The lowest BCUT2D eigenvalue weighted by Crippen LogP contribution is -2.79. The van der Waals surface area contributed by atoms with E-state index in [4.69, 9.17) is 11.6 Å². The Bertz CT molecular complexity index is 316. The van der Waals surface area contributed by atoms with Crippen LogP contribution in [0.5, 0.6) is 0 Å². The third-order valence-electron chi connectivity index (χ3n) is 2.09. The number of hydrogen-bond donors (Lipinski definition) is 2. The molecule has 0 saturated heterocycles. The van der Waals surface area contributed by atoms with Crippen LogP contribution in [-0.4, -0.2) is 18.9 Å². The predicted octanol–water partition coefficient (Wildman–Crippen LogP) is 0.160. The van der Waals surface area contributed by atoms with E-state index in [0.29, 0.717) is 0 Å². The van der Waals surface area contributed by atoms with Gasteiger partial charge in [0.05, 0.1) is 18.7 Å². The lowest BCUT2D eigenvalue weighted by Gasteiger charge is -2.07. The van der Waals surface area contributed by atoms with Crippen LogP contribution in [0.15, 0.2) is 24.3 Å². The van der Waals surface area contributed by atoms with E-state index < -0.39 is 0 Å². The minimum atomic E-state index is 0.778. The Labute approximate surface area is 82.6 Å². The van der Waals surface area contributed by atoms with Gasteiger partial charge in [-0.3, -0.25) is 10.3 Å². The third-order valence-corrected chi connectivity index (χ3v) is 2.34. The average molecular weight is 196 g/mol. The van der Waals surface area contributed by atoms with Gasteiger partial charge in [-0.25, -0.2) is 0 Å². The molecule has 0 fully saturated rings. The van der Waals surface area contributed by atoms with Gasteiger partial charge in [0.2, 0.25) is 0 Å². The lowest BCUT2D eigenvalue weighted by molar-refractivity contribution is -0.463. The Morgan fingerprint density at radius 2 is 2.00 bits per heavy atom. The maximum Gasteiger partial charge on any atom is 0.274 e. The summed E-state index contributed by atoms with van der Waals surface area (Å²) < 4.78 is 0. The van der Waals surface area contributed by atoms with E-state index >= 15 is 0 Å². The molecule has 0 aromatic heterocycles. The van der Waals surface area contributed by atoms with E-state index in [1.165, 1.54) is 12.0 Å². The van der Waals surface area contributed by atoms with Crippen LogP contribution in [0.1, 0.15) is 12.0 Å². The van der Waals surface area contributed by atoms with Crippen molar-refractivity contribution in [2.24, 2.45) is 0 Å². The molecule has 1 aromatic rings. The van der Waals surface area contributed by atoms with Gasteiger partial charge in [0.15, 0.2) is 0 Å². The highest BCUT2D eigenvalue weighted by Crippen LogP contribution is 2.08. The Morgan fingerprint density at radius 1 is 1.23 bits per heavy atom. The van der Waals surface area contributed by atoms with Crippen LogP contribution in [0.25, 0.3) is 0 Å². The topological polar surface area (TPSA) is 26.0 Å². The van der Waals surface area contributed by atoms with Gasteiger partial charge in [0.25, 0.3) is 5.84 Å². The van der Waals surface area contributed by atoms with Crippen LogP contribution in [0.3, 0.4) is 0 Å². The first kappa shape index (κ1) is 8.57. The number of halogens is 1. The van der Waals surface area contributed by atoms with Crippen LogP contribution in [0.4, 0.5) is 0 Å². The Kier molecular flexibility index (Phi) is 2.50. The Balaban J connectivity index is 2.24. The van der Waals surface area contributed by atoms with Crippen LogP contribution in [-0.2, 0) is 0 Å². The molecule has 0 unspecified atom stereocenters.